The summed E-state index contributed by atoms with van der Waals surface area (Å²) in [6.07, 6.45) is -0.0474. The van der Waals surface area contributed by atoms with Gasteiger partial charge >= 0.3 is 11.9 Å². The molecule has 120 valence electrons. The quantitative estimate of drug-likeness (QED) is 0.759. The van der Waals surface area contributed by atoms with E-state index in [1.54, 1.807) is 6.07 Å². The third-order valence-corrected chi connectivity index (χ3v) is 2.94. The average molecular weight is 311 g/mol. The largest absolute Gasteiger partial charge is 0.469 e. The predicted octanol–water partition coefficient (Wildman–Crippen LogP) is 0.979. The normalized spacial score (nSPS) is 11.4. The minimum Gasteiger partial charge on any atom is -0.469 e. The standard InChI is InChI=1S/C15H18FNO5/c1-21-14(19)7-6-12(15(20)22-2)17-13(18)9-10-4-3-5-11(16)8-10/h3-5,8,12H,6-7,9H2,1-2H3,(H,17,18)/t12-/m1/s1. The fourth-order valence-corrected chi connectivity index (χ4v) is 1.83. The highest BCUT2D eigenvalue weighted by Gasteiger charge is 2.22. The number of rotatable bonds is 7. The van der Waals surface area contributed by atoms with Crippen molar-refractivity contribution in [2.24, 2.45) is 0 Å². The number of amides is 1. The second-order valence-corrected chi connectivity index (χ2v) is 4.56. The van der Waals surface area contributed by atoms with Crippen LogP contribution in [0.5, 0.6) is 0 Å². The molecule has 6 nitrogen and oxygen atoms in total. The molecule has 0 saturated carbocycles. The van der Waals surface area contributed by atoms with Crippen LogP contribution in [-0.4, -0.2) is 38.1 Å². The van der Waals surface area contributed by atoms with Gasteiger partial charge in [0.25, 0.3) is 0 Å². The third-order valence-electron chi connectivity index (χ3n) is 2.94. The van der Waals surface area contributed by atoms with E-state index in [2.05, 4.69) is 14.8 Å². The zero-order valence-electron chi connectivity index (χ0n) is 12.4. The molecule has 22 heavy (non-hydrogen) atoms. The van der Waals surface area contributed by atoms with Gasteiger partial charge in [-0.25, -0.2) is 9.18 Å². The number of nitrogens with one attached hydrogen (secondary N) is 1. The van der Waals surface area contributed by atoms with Gasteiger partial charge in [-0.15, -0.1) is 0 Å². The smallest absolute Gasteiger partial charge is 0.328 e. The van der Waals surface area contributed by atoms with E-state index < -0.39 is 29.7 Å². The van der Waals surface area contributed by atoms with Crippen LogP contribution in [0.15, 0.2) is 24.3 Å². The molecule has 0 fully saturated rings. The van der Waals surface area contributed by atoms with Crippen molar-refractivity contribution < 1.29 is 28.2 Å². The Labute approximate surface area is 127 Å². The Hall–Kier alpha value is -2.44. The van der Waals surface area contributed by atoms with Crippen molar-refractivity contribution in [3.8, 4) is 0 Å². The summed E-state index contributed by atoms with van der Waals surface area (Å²) in [7, 11) is 2.42. The summed E-state index contributed by atoms with van der Waals surface area (Å²) < 4.78 is 22.1. The number of halogens is 1. The van der Waals surface area contributed by atoms with Gasteiger partial charge in [-0.3, -0.25) is 9.59 Å². The maximum Gasteiger partial charge on any atom is 0.328 e. The van der Waals surface area contributed by atoms with Crippen LogP contribution in [0.3, 0.4) is 0 Å². The second-order valence-electron chi connectivity index (χ2n) is 4.56. The summed E-state index contributed by atoms with van der Waals surface area (Å²) in [6, 6.07) is 4.65. The lowest BCUT2D eigenvalue weighted by Crippen LogP contribution is -2.42. The molecule has 0 aliphatic rings. The van der Waals surface area contributed by atoms with E-state index in [9.17, 15) is 18.8 Å². The molecule has 0 aromatic heterocycles. The maximum atomic E-state index is 13.1. The van der Waals surface area contributed by atoms with Gasteiger partial charge in [0.1, 0.15) is 11.9 Å². The first-order valence-electron chi connectivity index (χ1n) is 6.64. The van der Waals surface area contributed by atoms with Gasteiger partial charge in [0, 0.05) is 6.42 Å². The Bertz CT molecular complexity index is 546. The lowest BCUT2D eigenvalue weighted by molar-refractivity contribution is -0.146. The molecule has 0 radical (unpaired) electrons. The van der Waals surface area contributed by atoms with Gasteiger partial charge in [0.2, 0.25) is 5.91 Å². The number of hydrogen-bond acceptors (Lipinski definition) is 5. The molecule has 1 rings (SSSR count). The fraction of sp³-hybridized carbons (Fsp3) is 0.400. The van der Waals surface area contributed by atoms with Crippen molar-refractivity contribution in [3.63, 3.8) is 0 Å². The lowest BCUT2D eigenvalue weighted by Gasteiger charge is -2.16. The highest BCUT2D eigenvalue weighted by atomic mass is 19.1. The number of hydrogen-bond donors (Lipinski definition) is 1. The van der Waals surface area contributed by atoms with Crippen molar-refractivity contribution in [2.75, 3.05) is 14.2 Å². The van der Waals surface area contributed by atoms with E-state index >= 15 is 0 Å². The Morgan fingerprint density at radius 1 is 1.23 bits per heavy atom. The zero-order chi connectivity index (χ0) is 16.5. The van der Waals surface area contributed by atoms with E-state index in [1.165, 1.54) is 32.4 Å². The van der Waals surface area contributed by atoms with Crippen molar-refractivity contribution in [1.82, 2.24) is 5.32 Å². The van der Waals surface area contributed by atoms with Crippen LogP contribution in [0.4, 0.5) is 4.39 Å². The molecule has 0 aliphatic carbocycles. The molecular formula is C15H18FNO5. The topological polar surface area (TPSA) is 81.7 Å². The van der Waals surface area contributed by atoms with Gasteiger partial charge < -0.3 is 14.8 Å². The predicted molar refractivity (Wildman–Crippen MR) is 75.3 cm³/mol. The molecule has 7 heteroatoms. The summed E-state index contributed by atoms with van der Waals surface area (Å²) in [5.41, 5.74) is 0.481. The van der Waals surface area contributed by atoms with E-state index in [-0.39, 0.29) is 19.3 Å². The van der Waals surface area contributed by atoms with Crippen LogP contribution >= 0.6 is 0 Å². The summed E-state index contributed by atoms with van der Waals surface area (Å²) in [5.74, 6) is -2.06. The molecule has 0 spiro atoms. The minimum absolute atomic E-state index is 0.0312. The van der Waals surface area contributed by atoms with Crippen molar-refractivity contribution in [3.05, 3.63) is 35.6 Å². The molecule has 0 aliphatic heterocycles. The molecule has 1 atom stereocenters. The molecular weight excluding hydrogens is 293 g/mol. The SMILES string of the molecule is COC(=O)CC[C@@H](NC(=O)Cc1cccc(F)c1)C(=O)OC. The third kappa shape index (κ3) is 5.90. The number of esters is 2. The second kappa shape index (κ2) is 8.76. The van der Waals surface area contributed by atoms with Crippen LogP contribution in [-0.2, 0) is 30.3 Å². The van der Waals surface area contributed by atoms with Crippen molar-refractivity contribution in [2.45, 2.75) is 25.3 Å². The highest BCUT2D eigenvalue weighted by molar-refractivity contribution is 5.86. The van der Waals surface area contributed by atoms with E-state index in [0.717, 1.165) is 0 Å². The molecule has 0 unspecified atom stereocenters. The number of benzene rings is 1. The minimum atomic E-state index is -0.954. The highest BCUT2D eigenvalue weighted by Crippen LogP contribution is 2.06. The van der Waals surface area contributed by atoms with E-state index in [4.69, 9.17) is 0 Å². The van der Waals surface area contributed by atoms with Gasteiger partial charge in [-0.2, -0.15) is 0 Å². The van der Waals surface area contributed by atoms with E-state index in [1.807, 2.05) is 0 Å². The first-order chi connectivity index (χ1) is 10.5. The van der Waals surface area contributed by atoms with Crippen molar-refractivity contribution in [1.29, 1.82) is 0 Å². The molecule has 0 bridgehead atoms. The number of carbonyl (C=O) groups excluding carboxylic acids is 3. The monoisotopic (exact) mass is 311 g/mol. The Balaban J connectivity index is 2.62. The van der Waals surface area contributed by atoms with Crippen LogP contribution in [0, 0.1) is 5.82 Å². The van der Waals surface area contributed by atoms with Crippen LogP contribution < -0.4 is 5.32 Å². The molecule has 1 amide bonds. The molecule has 1 N–H and O–H groups in total. The summed E-state index contributed by atoms with van der Waals surface area (Å²) in [4.78, 5) is 34.6. The summed E-state index contributed by atoms with van der Waals surface area (Å²) in [5, 5.41) is 2.47. The number of ether oxygens (including phenoxy) is 2. The maximum absolute atomic E-state index is 13.1. The van der Waals surface area contributed by atoms with Gasteiger partial charge in [0.15, 0.2) is 0 Å². The molecule has 0 saturated heterocycles. The molecule has 1 aromatic carbocycles. The van der Waals surface area contributed by atoms with Gasteiger partial charge in [0.05, 0.1) is 20.6 Å². The first-order valence-corrected chi connectivity index (χ1v) is 6.64. The first kappa shape index (κ1) is 17.6. The lowest BCUT2D eigenvalue weighted by atomic mass is 10.1. The Morgan fingerprint density at radius 2 is 1.95 bits per heavy atom. The Morgan fingerprint density at radius 3 is 2.55 bits per heavy atom. The van der Waals surface area contributed by atoms with Crippen molar-refractivity contribution >= 4 is 17.8 Å². The summed E-state index contributed by atoms with van der Waals surface area (Å²) >= 11 is 0. The molecule has 1 aromatic rings. The van der Waals surface area contributed by atoms with Gasteiger partial charge in [-0.1, -0.05) is 12.1 Å². The van der Waals surface area contributed by atoms with Crippen LogP contribution in [0.1, 0.15) is 18.4 Å². The number of methoxy groups -OCH3 is 2. The number of carbonyl (C=O) groups is 3. The zero-order valence-corrected chi connectivity index (χ0v) is 12.4. The average Bonchev–Trinajstić information content (AvgIpc) is 2.50. The van der Waals surface area contributed by atoms with E-state index in [0.29, 0.717) is 5.56 Å². The summed E-state index contributed by atoms with van der Waals surface area (Å²) in [6.45, 7) is 0. The van der Waals surface area contributed by atoms with Crippen LogP contribution in [0.25, 0.3) is 0 Å². The molecule has 0 heterocycles. The fourth-order valence-electron chi connectivity index (χ4n) is 1.83. The Kier molecular flexibility index (Phi) is 7.01. The van der Waals surface area contributed by atoms with Crippen LogP contribution in [0.2, 0.25) is 0 Å². The van der Waals surface area contributed by atoms with Gasteiger partial charge in [-0.05, 0) is 24.1 Å².